The molecule has 1 amide bonds. The molecule has 1 fully saturated rings. The van der Waals surface area contributed by atoms with Crippen LogP contribution < -0.4 is 5.32 Å². The van der Waals surface area contributed by atoms with Crippen LogP contribution in [0.3, 0.4) is 0 Å². The van der Waals surface area contributed by atoms with Gasteiger partial charge in [-0.25, -0.2) is 9.37 Å². The Balaban J connectivity index is 1.21. The van der Waals surface area contributed by atoms with Crippen molar-refractivity contribution in [2.45, 2.75) is 31.7 Å². The molecule has 0 bridgehead atoms. The molecular weight excluding hydrogens is 373 g/mol. The molecule has 1 aliphatic carbocycles. The number of H-pyrrole nitrogens is 1. The summed E-state index contributed by atoms with van der Waals surface area (Å²) in [4.78, 5) is 21.6. The van der Waals surface area contributed by atoms with Crippen molar-refractivity contribution in [2.75, 3.05) is 0 Å². The maximum Gasteiger partial charge on any atom is 0.220 e. The van der Waals surface area contributed by atoms with Crippen molar-refractivity contribution in [1.82, 2.24) is 15.3 Å². The number of para-hydroxylation sites is 2. The maximum atomic E-state index is 13.4. The SMILES string of the molecule is C[C@@H](NC(=O)C[C@@H]1C[C@@H]1c1nc2ccccc2[nH]1)c1cc2cc(F)ccc2s1. The predicted molar refractivity (Wildman–Crippen MR) is 110 cm³/mol. The highest BCUT2D eigenvalue weighted by molar-refractivity contribution is 7.19. The zero-order chi connectivity index (χ0) is 19.3. The Morgan fingerprint density at radius 1 is 1.32 bits per heavy atom. The van der Waals surface area contributed by atoms with E-state index < -0.39 is 0 Å². The van der Waals surface area contributed by atoms with Crippen LogP contribution in [0.2, 0.25) is 0 Å². The number of rotatable bonds is 5. The molecule has 1 saturated carbocycles. The first-order valence-electron chi connectivity index (χ1n) is 9.50. The third kappa shape index (κ3) is 3.29. The van der Waals surface area contributed by atoms with Gasteiger partial charge in [-0.2, -0.15) is 0 Å². The molecule has 2 aromatic carbocycles. The fourth-order valence-electron chi connectivity index (χ4n) is 3.81. The van der Waals surface area contributed by atoms with Crippen LogP contribution in [0.1, 0.15) is 42.4 Å². The predicted octanol–water partition coefficient (Wildman–Crippen LogP) is 5.29. The van der Waals surface area contributed by atoms with Crippen LogP contribution in [0.4, 0.5) is 4.39 Å². The van der Waals surface area contributed by atoms with E-state index in [0.29, 0.717) is 18.3 Å². The molecule has 0 unspecified atom stereocenters. The summed E-state index contributed by atoms with van der Waals surface area (Å²) in [5.41, 5.74) is 2.02. The highest BCUT2D eigenvalue weighted by atomic mass is 32.1. The van der Waals surface area contributed by atoms with Gasteiger partial charge in [0.2, 0.25) is 5.91 Å². The van der Waals surface area contributed by atoms with E-state index in [1.165, 1.54) is 12.1 Å². The number of aromatic amines is 1. The van der Waals surface area contributed by atoms with Crippen molar-refractivity contribution in [3.8, 4) is 0 Å². The topological polar surface area (TPSA) is 57.8 Å². The Bertz CT molecular complexity index is 1150. The van der Waals surface area contributed by atoms with Crippen molar-refractivity contribution >= 4 is 38.4 Å². The lowest BCUT2D eigenvalue weighted by Gasteiger charge is -2.12. The second-order valence-electron chi connectivity index (χ2n) is 7.57. The molecule has 2 heterocycles. The number of carbonyl (C=O) groups excluding carboxylic acids is 1. The van der Waals surface area contributed by atoms with Crippen LogP contribution in [0.15, 0.2) is 48.5 Å². The van der Waals surface area contributed by atoms with Gasteiger partial charge in [0.25, 0.3) is 0 Å². The van der Waals surface area contributed by atoms with Gasteiger partial charge in [-0.05, 0) is 61.0 Å². The molecule has 3 atom stereocenters. The molecule has 0 aliphatic heterocycles. The summed E-state index contributed by atoms with van der Waals surface area (Å²) in [7, 11) is 0. The van der Waals surface area contributed by atoms with Crippen LogP contribution in [0.5, 0.6) is 0 Å². The molecule has 4 aromatic rings. The van der Waals surface area contributed by atoms with Crippen molar-refractivity contribution < 1.29 is 9.18 Å². The number of carbonyl (C=O) groups is 1. The lowest BCUT2D eigenvalue weighted by molar-refractivity contribution is -0.122. The minimum Gasteiger partial charge on any atom is -0.349 e. The van der Waals surface area contributed by atoms with Gasteiger partial charge in [0, 0.05) is 21.9 Å². The van der Waals surface area contributed by atoms with E-state index >= 15 is 0 Å². The van der Waals surface area contributed by atoms with Gasteiger partial charge in [-0.1, -0.05) is 12.1 Å². The number of hydrogen-bond acceptors (Lipinski definition) is 3. The van der Waals surface area contributed by atoms with Crippen LogP contribution in [-0.4, -0.2) is 15.9 Å². The van der Waals surface area contributed by atoms with Gasteiger partial charge in [0.15, 0.2) is 0 Å². The number of imidazole rings is 1. The Morgan fingerprint density at radius 3 is 3.04 bits per heavy atom. The maximum absolute atomic E-state index is 13.4. The standard InChI is InChI=1S/C22H20FN3OS/c1-12(20-10-14-8-15(23)6-7-19(14)28-20)24-21(27)11-13-9-16(13)22-25-17-4-2-3-5-18(17)26-22/h2-8,10,12-13,16H,9,11H2,1H3,(H,24,27)(H,25,26)/t12-,13+,16+/m1/s1. The third-order valence-corrected chi connectivity index (χ3v) is 6.73. The van der Waals surface area contributed by atoms with Crippen LogP contribution in [0.25, 0.3) is 21.1 Å². The smallest absolute Gasteiger partial charge is 0.220 e. The number of aromatic nitrogens is 2. The summed E-state index contributed by atoms with van der Waals surface area (Å²) in [6.07, 6.45) is 1.50. The van der Waals surface area contributed by atoms with Crippen molar-refractivity contribution in [3.63, 3.8) is 0 Å². The largest absolute Gasteiger partial charge is 0.349 e. The highest BCUT2D eigenvalue weighted by Crippen LogP contribution is 2.48. The minimum atomic E-state index is -0.237. The number of thiophene rings is 1. The molecule has 2 aromatic heterocycles. The molecule has 0 spiro atoms. The lowest BCUT2D eigenvalue weighted by atomic mass is 10.2. The van der Waals surface area contributed by atoms with E-state index in [4.69, 9.17) is 0 Å². The fourth-order valence-corrected chi connectivity index (χ4v) is 4.86. The molecule has 28 heavy (non-hydrogen) atoms. The van der Waals surface area contributed by atoms with E-state index in [1.54, 1.807) is 17.4 Å². The van der Waals surface area contributed by atoms with Crippen molar-refractivity contribution in [1.29, 1.82) is 0 Å². The minimum absolute atomic E-state index is 0.0553. The van der Waals surface area contributed by atoms with Gasteiger partial charge in [-0.3, -0.25) is 4.79 Å². The zero-order valence-corrected chi connectivity index (χ0v) is 16.2. The summed E-state index contributed by atoms with van der Waals surface area (Å²) in [5.74, 6) is 1.47. The van der Waals surface area contributed by atoms with E-state index in [2.05, 4.69) is 15.3 Å². The third-order valence-electron chi connectivity index (χ3n) is 5.43. The quantitative estimate of drug-likeness (QED) is 0.484. The number of hydrogen-bond donors (Lipinski definition) is 2. The first-order chi connectivity index (χ1) is 13.6. The molecule has 6 heteroatoms. The summed E-state index contributed by atoms with van der Waals surface area (Å²) < 4.78 is 14.4. The summed E-state index contributed by atoms with van der Waals surface area (Å²) in [6.45, 7) is 1.97. The Morgan fingerprint density at radius 2 is 2.18 bits per heavy atom. The fraction of sp³-hybridized carbons (Fsp3) is 0.273. The number of halogens is 1. The molecule has 5 rings (SSSR count). The van der Waals surface area contributed by atoms with Gasteiger partial charge >= 0.3 is 0 Å². The highest BCUT2D eigenvalue weighted by Gasteiger charge is 2.41. The summed E-state index contributed by atoms with van der Waals surface area (Å²) in [6, 6.07) is 14.7. The van der Waals surface area contributed by atoms with Gasteiger partial charge < -0.3 is 10.3 Å². The van der Waals surface area contributed by atoms with Crippen molar-refractivity contribution in [3.05, 3.63) is 65.0 Å². The van der Waals surface area contributed by atoms with E-state index in [1.807, 2.05) is 37.3 Å². The monoisotopic (exact) mass is 393 g/mol. The average Bonchev–Trinajstić information content (AvgIpc) is 3.12. The summed E-state index contributed by atoms with van der Waals surface area (Å²) >= 11 is 1.59. The van der Waals surface area contributed by atoms with Crippen LogP contribution >= 0.6 is 11.3 Å². The summed E-state index contributed by atoms with van der Waals surface area (Å²) in [5, 5.41) is 3.97. The molecule has 1 aliphatic rings. The second-order valence-corrected chi connectivity index (χ2v) is 8.68. The van der Waals surface area contributed by atoms with Gasteiger partial charge in [0.05, 0.1) is 17.1 Å². The molecule has 2 N–H and O–H groups in total. The lowest BCUT2D eigenvalue weighted by Crippen LogP contribution is -2.26. The second kappa shape index (κ2) is 6.71. The molecule has 0 radical (unpaired) electrons. The Kier molecular flexibility index (Phi) is 4.16. The number of benzene rings is 2. The zero-order valence-electron chi connectivity index (χ0n) is 15.4. The molecule has 0 saturated heterocycles. The first kappa shape index (κ1) is 17.4. The Hall–Kier alpha value is -2.73. The number of nitrogens with zero attached hydrogens (tertiary/aromatic N) is 1. The molecule has 4 nitrogen and oxygen atoms in total. The number of nitrogens with one attached hydrogen (secondary N) is 2. The van der Waals surface area contributed by atoms with E-state index in [0.717, 1.165) is 38.2 Å². The number of fused-ring (bicyclic) bond motifs is 2. The molecule has 142 valence electrons. The Labute approximate surface area is 165 Å². The van der Waals surface area contributed by atoms with Gasteiger partial charge in [-0.15, -0.1) is 11.3 Å². The van der Waals surface area contributed by atoms with Gasteiger partial charge in [0.1, 0.15) is 11.6 Å². The number of amides is 1. The molecular formula is C22H20FN3OS. The van der Waals surface area contributed by atoms with Crippen LogP contribution in [-0.2, 0) is 4.79 Å². The van der Waals surface area contributed by atoms with Crippen LogP contribution in [0, 0.1) is 11.7 Å². The average molecular weight is 393 g/mol. The van der Waals surface area contributed by atoms with Crippen molar-refractivity contribution in [2.24, 2.45) is 5.92 Å². The normalized spacial score (nSPS) is 19.8. The first-order valence-corrected chi connectivity index (χ1v) is 10.3. The van der Waals surface area contributed by atoms with E-state index in [-0.39, 0.29) is 17.8 Å². The van der Waals surface area contributed by atoms with E-state index in [9.17, 15) is 9.18 Å².